The molecule has 184 valence electrons. The van der Waals surface area contributed by atoms with E-state index in [-0.39, 0.29) is 13.0 Å². The molecule has 0 heterocycles. The summed E-state index contributed by atoms with van der Waals surface area (Å²) in [6.07, 6.45) is 25.5. The first-order valence-corrected chi connectivity index (χ1v) is 14.0. The molecule has 0 saturated heterocycles. The molecule has 0 aromatic heterocycles. The van der Waals surface area contributed by atoms with E-state index in [1.807, 2.05) is 21.1 Å². The van der Waals surface area contributed by atoms with Crippen LogP contribution in [0.3, 0.4) is 0 Å². The number of hydrogen-bond acceptors (Lipinski definition) is 2. The molecule has 31 heavy (non-hydrogen) atoms. The van der Waals surface area contributed by atoms with Crippen molar-refractivity contribution < 1.29 is 23.9 Å². The largest absolute Gasteiger partial charge is 0.373 e. The quantitative estimate of drug-likeness (QED) is 0.0834. The van der Waals surface area contributed by atoms with Gasteiger partial charge in [-0.2, -0.15) is 0 Å². The van der Waals surface area contributed by atoms with Crippen LogP contribution >= 0.6 is 7.60 Å². The molecule has 0 aromatic rings. The maximum absolute atomic E-state index is 11.8. The lowest BCUT2D eigenvalue weighted by atomic mass is 10.1. The second kappa shape index (κ2) is 17.1. The molecule has 0 saturated carbocycles. The topological polar surface area (TPSA) is 77.8 Å². The average Bonchev–Trinajstić information content (AvgIpc) is 2.65. The standard InChI is InChI=1S/C25H50NO4P/c1-5-6-7-8-9-10-11-12-13-14-15-16-17-18-19-20-21-22-23-25(27,31(28,29)30)24-26(2,3)4/h9-10,16-17,27H,5-8,11-15,18-24H2,1-4H3,(H-,28,29,30)/p+1/b10-9-,17-16-. The van der Waals surface area contributed by atoms with Crippen molar-refractivity contribution in [3.05, 3.63) is 24.3 Å². The normalized spacial score (nSPS) is 15.2. The number of hydrogen-bond donors (Lipinski definition) is 3. The van der Waals surface area contributed by atoms with E-state index < -0.39 is 12.9 Å². The van der Waals surface area contributed by atoms with Gasteiger partial charge in [0.2, 0.25) is 5.34 Å². The van der Waals surface area contributed by atoms with Gasteiger partial charge in [0.1, 0.15) is 6.54 Å². The monoisotopic (exact) mass is 460 g/mol. The molecular formula is C25H51NO4P+. The summed E-state index contributed by atoms with van der Waals surface area (Å²) < 4.78 is 12.1. The summed E-state index contributed by atoms with van der Waals surface area (Å²) in [6, 6.07) is 0. The van der Waals surface area contributed by atoms with Crippen LogP contribution in [-0.4, -0.2) is 52.4 Å². The Kier molecular flexibility index (Phi) is 16.8. The van der Waals surface area contributed by atoms with Crippen molar-refractivity contribution in [2.75, 3.05) is 27.7 Å². The molecule has 0 aliphatic rings. The van der Waals surface area contributed by atoms with E-state index in [0.29, 0.717) is 10.9 Å². The minimum Gasteiger partial charge on any atom is -0.373 e. The van der Waals surface area contributed by atoms with Crippen molar-refractivity contribution in [3.8, 4) is 0 Å². The van der Waals surface area contributed by atoms with Crippen molar-refractivity contribution >= 4 is 7.60 Å². The summed E-state index contributed by atoms with van der Waals surface area (Å²) in [7, 11) is 0.947. The third-order valence-corrected chi connectivity index (χ3v) is 6.97. The van der Waals surface area contributed by atoms with Crippen molar-refractivity contribution in [2.45, 2.75) is 109 Å². The molecule has 1 unspecified atom stereocenters. The van der Waals surface area contributed by atoms with Crippen LogP contribution in [0.5, 0.6) is 0 Å². The molecule has 0 fully saturated rings. The van der Waals surface area contributed by atoms with Crippen LogP contribution in [0.2, 0.25) is 0 Å². The van der Waals surface area contributed by atoms with Gasteiger partial charge in [0, 0.05) is 0 Å². The minimum atomic E-state index is -4.55. The van der Waals surface area contributed by atoms with Gasteiger partial charge in [-0.05, 0) is 64.2 Å². The molecule has 0 spiro atoms. The van der Waals surface area contributed by atoms with E-state index in [1.165, 1.54) is 51.4 Å². The molecule has 0 aliphatic heterocycles. The number of unbranched alkanes of at least 4 members (excludes halogenated alkanes) is 11. The van der Waals surface area contributed by atoms with Gasteiger partial charge in [-0.15, -0.1) is 0 Å². The maximum Gasteiger partial charge on any atom is 0.362 e. The van der Waals surface area contributed by atoms with Gasteiger partial charge in [0.05, 0.1) is 21.1 Å². The zero-order valence-electron chi connectivity index (χ0n) is 20.8. The third-order valence-electron chi connectivity index (χ3n) is 5.52. The summed E-state index contributed by atoms with van der Waals surface area (Å²) in [5.41, 5.74) is 0. The predicted molar refractivity (Wildman–Crippen MR) is 133 cm³/mol. The number of likely N-dealkylation sites (N-methyl/N-ethyl adjacent to an activating group) is 1. The Morgan fingerprint density at radius 2 is 1.10 bits per heavy atom. The Balaban J connectivity index is 3.71. The summed E-state index contributed by atoms with van der Waals surface area (Å²) in [4.78, 5) is 19.2. The number of quaternary nitrogens is 1. The Morgan fingerprint density at radius 1 is 0.710 bits per heavy atom. The van der Waals surface area contributed by atoms with E-state index in [4.69, 9.17) is 0 Å². The highest BCUT2D eigenvalue weighted by molar-refractivity contribution is 7.53. The SMILES string of the molecule is CCCCC/C=C\CCCCC/C=C\CCCCCCC(O)(C[N+](C)(C)C)P(=O)(O)O. The van der Waals surface area contributed by atoms with Gasteiger partial charge < -0.3 is 19.4 Å². The van der Waals surface area contributed by atoms with Crippen LogP contribution in [0.1, 0.15) is 103 Å². The van der Waals surface area contributed by atoms with Crippen molar-refractivity contribution in [2.24, 2.45) is 0 Å². The molecule has 0 bridgehead atoms. The second-order valence-corrected chi connectivity index (χ2v) is 11.9. The van der Waals surface area contributed by atoms with Crippen LogP contribution < -0.4 is 0 Å². The smallest absolute Gasteiger partial charge is 0.362 e. The van der Waals surface area contributed by atoms with Gasteiger partial charge >= 0.3 is 7.60 Å². The fourth-order valence-corrected chi connectivity index (χ4v) is 4.84. The molecule has 0 rings (SSSR count). The average molecular weight is 461 g/mol. The second-order valence-electron chi connectivity index (χ2n) is 10.0. The summed E-state index contributed by atoms with van der Waals surface area (Å²) in [5.74, 6) is 0. The molecule has 0 aromatic carbocycles. The Morgan fingerprint density at radius 3 is 1.48 bits per heavy atom. The highest BCUT2D eigenvalue weighted by Crippen LogP contribution is 2.52. The van der Waals surface area contributed by atoms with Gasteiger partial charge in [0.25, 0.3) is 0 Å². The number of allylic oxidation sites excluding steroid dienone is 4. The number of rotatable bonds is 20. The maximum atomic E-state index is 11.8. The highest BCUT2D eigenvalue weighted by Gasteiger charge is 2.48. The zero-order chi connectivity index (χ0) is 23.6. The summed E-state index contributed by atoms with van der Waals surface area (Å²) in [5, 5.41) is 8.60. The number of nitrogens with zero attached hydrogens (tertiary/aromatic N) is 1. The van der Waals surface area contributed by atoms with Crippen LogP contribution in [0.4, 0.5) is 0 Å². The fourth-order valence-electron chi connectivity index (χ4n) is 3.79. The van der Waals surface area contributed by atoms with Crippen LogP contribution in [-0.2, 0) is 4.57 Å². The van der Waals surface area contributed by atoms with Gasteiger partial charge in [0.15, 0.2) is 0 Å². The number of aliphatic hydroxyl groups is 1. The summed E-state index contributed by atoms with van der Waals surface area (Å²) in [6.45, 7) is 2.29. The first kappa shape index (κ1) is 30.6. The third kappa shape index (κ3) is 17.7. The first-order valence-electron chi connectivity index (χ1n) is 12.4. The molecular weight excluding hydrogens is 409 g/mol. The highest BCUT2D eigenvalue weighted by atomic mass is 31.2. The fraction of sp³-hybridized carbons (Fsp3) is 0.840. The van der Waals surface area contributed by atoms with Crippen LogP contribution in [0.15, 0.2) is 24.3 Å². The van der Waals surface area contributed by atoms with Crippen LogP contribution in [0.25, 0.3) is 0 Å². The Bertz CT molecular complexity index is 536. The van der Waals surface area contributed by atoms with Gasteiger partial charge in [-0.25, -0.2) is 0 Å². The molecule has 3 N–H and O–H groups in total. The minimum absolute atomic E-state index is 0.0509. The molecule has 0 radical (unpaired) electrons. The van der Waals surface area contributed by atoms with E-state index in [9.17, 15) is 19.5 Å². The van der Waals surface area contributed by atoms with Gasteiger partial charge in [-0.1, -0.05) is 63.3 Å². The first-order chi connectivity index (χ1) is 14.5. The van der Waals surface area contributed by atoms with Crippen molar-refractivity contribution in [1.82, 2.24) is 0 Å². The molecule has 1 atom stereocenters. The van der Waals surface area contributed by atoms with E-state index in [0.717, 1.165) is 32.1 Å². The molecule has 6 heteroatoms. The van der Waals surface area contributed by atoms with Crippen molar-refractivity contribution in [3.63, 3.8) is 0 Å². The lowest BCUT2D eigenvalue weighted by molar-refractivity contribution is -0.875. The lowest BCUT2D eigenvalue weighted by Crippen LogP contribution is -2.49. The Hall–Kier alpha value is -0.450. The van der Waals surface area contributed by atoms with Gasteiger partial charge in [-0.3, -0.25) is 4.57 Å². The Labute approximate surface area is 192 Å². The van der Waals surface area contributed by atoms with E-state index >= 15 is 0 Å². The molecule has 5 nitrogen and oxygen atoms in total. The van der Waals surface area contributed by atoms with E-state index in [1.54, 1.807) is 0 Å². The predicted octanol–water partition coefficient (Wildman–Crippen LogP) is 6.54. The van der Waals surface area contributed by atoms with Crippen molar-refractivity contribution in [1.29, 1.82) is 0 Å². The summed E-state index contributed by atoms with van der Waals surface area (Å²) >= 11 is 0. The van der Waals surface area contributed by atoms with E-state index in [2.05, 4.69) is 31.2 Å². The molecule has 0 aliphatic carbocycles. The van der Waals surface area contributed by atoms with Crippen LogP contribution in [0, 0.1) is 0 Å². The lowest BCUT2D eigenvalue weighted by Gasteiger charge is -2.35. The zero-order valence-corrected chi connectivity index (χ0v) is 21.7. The molecule has 0 amide bonds.